The molecule has 6 heteroatoms. The molecule has 1 aromatic heterocycles. The summed E-state index contributed by atoms with van der Waals surface area (Å²) in [5.74, 6) is -0.173. The zero-order valence-electron chi connectivity index (χ0n) is 12.3. The Kier molecular flexibility index (Phi) is 5.82. The summed E-state index contributed by atoms with van der Waals surface area (Å²) < 4.78 is 1.52. The van der Waals surface area contributed by atoms with E-state index in [4.69, 9.17) is 11.6 Å². The molecule has 0 unspecified atom stereocenters. The number of rotatable bonds is 6. The van der Waals surface area contributed by atoms with Crippen LogP contribution in [0.2, 0.25) is 5.02 Å². The molecule has 0 fully saturated rings. The molecule has 0 spiro atoms. The first-order valence-corrected chi connectivity index (χ1v) is 7.00. The van der Waals surface area contributed by atoms with Crippen molar-refractivity contribution >= 4 is 17.5 Å². The first-order chi connectivity index (χ1) is 8.90. The van der Waals surface area contributed by atoms with Gasteiger partial charge < -0.3 is 10.2 Å². The maximum absolute atomic E-state index is 12.2. The quantitative estimate of drug-likeness (QED) is 0.868. The Morgan fingerprint density at radius 3 is 2.47 bits per heavy atom. The van der Waals surface area contributed by atoms with Crippen LogP contribution in [0.3, 0.4) is 0 Å². The second-order valence-corrected chi connectivity index (χ2v) is 5.11. The van der Waals surface area contributed by atoms with Crippen LogP contribution < -0.4 is 5.32 Å². The van der Waals surface area contributed by atoms with Crippen LogP contribution >= 0.6 is 11.6 Å². The normalized spacial score (nSPS) is 12.8. The van der Waals surface area contributed by atoms with Gasteiger partial charge in [-0.1, -0.05) is 25.4 Å². The number of nitrogens with one attached hydrogen (secondary N) is 1. The zero-order valence-corrected chi connectivity index (χ0v) is 13.1. The van der Waals surface area contributed by atoms with E-state index in [2.05, 4.69) is 29.2 Å². The van der Waals surface area contributed by atoms with E-state index < -0.39 is 0 Å². The van der Waals surface area contributed by atoms with E-state index in [9.17, 15) is 4.79 Å². The lowest BCUT2D eigenvalue weighted by molar-refractivity contribution is 0.0921. The van der Waals surface area contributed by atoms with Gasteiger partial charge in [-0.15, -0.1) is 0 Å². The third kappa shape index (κ3) is 3.94. The molecule has 0 radical (unpaired) electrons. The summed E-state index contributed by atoms with van der Waals surface area (Å²) in [7, 11) is 1.73. The van der Waals surface area contributed by atoms with E-state index in [1.54, 1.807) is 14.0 Å². The number of aryl methyl sites for hydroxylation is 2. The van der Waals surface area contributed by atoms with E-state index in [-0.39, 0.29) is 11.9 Å². The molecule has 0 aromatic carbocycles. The number of carbonyl (C=O) groups is 1. The lowest BCUT2D eigenvalue weighted by Crippen LogP contribution is -2.42. The molecule has 0 saturated heterocycles. The molecule has 19 heavy (non-hydrogen) atoms. The van der Waals surface area contributed by atoms with E-state index in [0.717, 1.165) is 19.6 Å². The average Bonchev–Trinajstić information content (AvgIpc) is 2.60. The highest BCUT2D eigenvalue weighted by Gasteiger charge is 2.20. The molecule has 1 amide bonds. The van der Waals surface area contributed by atoms with Crippen LogP contribution in [0.4, 0.5) is 0 Å². The van der Waals surface area contributed by atoms with Gasteiger partial charge in [0.25, 0.3) is 5.91 Å². The molecule has 0 saturated carbocycles. The largest absolute Gasteiger partial charge is 0.347 e. The van der Waals surface area contributed by atoms with Gasteiger partial charge in [-0.3, -0.25) is 9.48 Å². The number of halogens is 1. The second-order valence-electron chi connectivity index (χ2n) is 4.73. The van der Waals surface area contributed by atoms with Crippen LogP contribution in [0.5, 0.6) is 0 Å². The van der Waals surface area contributed by atoms with Crippen molar-refractivity contribution in [1.82, 2.24) is 20.0 Å². The summed E-state index contributed by atoms with van der Waals surface area (Å²) in [5, 5.41) is 7.54. The number of likely N-dealkylation sites (N-methyl/N-ethyl adjacent to an activating group) is 1. The predicted molar refractivity (Wildman–Crippen MR) is 77.7 cm³/mol. The van der Waals surface area contributed by atoms with Crippen LogP contribution in [0.25, 0.3) is 0 Å². The third-order valence-electron chi connectivity index (χ3n) is 3.17. The number of carbonyl (C=O) groups excluding carboxylic acids is 1. The number of nitrogens with zero attached hydrogens (tertiary/aromatic N) is 3. The van der Waals surface area contributed by atoms with Crippen molar-refractivity contribution in [2.45, 2.75) is 33.7 Å². The lowest BCUT2D eigenvalue weighted by Gasteiger charge is -2.23. The topological polar surface area (TPSA) is 50.2 Å². The fraction of sp³-hybridized carbons (Fsp3) is 0.692. The first-order valence-electron chi connectivity index (χ1n) is 6.62. The maximum atomic E-state index is 12.2. The number of aromatic nitrogens is 2. The molecule has 1 aromatic rings. The second kappa shape index (κ2) is 6.91. The maximum Gasteiger partial charge on any atom is 0.271 e. The van der Waals surface area contributed by atoms with Gasteiger partial charge in [0.05, 0.1) is 10.7 Å². The molecule has 0 aliphatic rings. The number of hydrogen-bond acceptors (Lipinski definition) is 3. The zero-order chi connectivity index (χ0) is 14.6. The van der Waals surface area contributed by atoms with Crippen LogP contribution in [-0.2, 0) is 7.05 Å². The van der Waals surface area contributed by atoms with Crippen molar-refractivity contribution in [3.63, 3.8) is 0 Å². The SMILES string of the molecule is CCN(CC)C[C@H](C)NC(=O)c1c(Cl)c(C)nn1C. The van der Waals surface area contributed by atoms with Gasteiger partial charge >= 0.3 is 0 Å². The van der Waals surface area contributed by atoms with Crippen molar-refractivity contribution in [2.24, 2.45) is 7.05 Å². The minimum atomic E-state index is -0.173. The van der Waals surface area contributed by atoms with Gasteiger partial charge in [0.15, 0.2) is 0 Å². The monoisotopic (exact) mass is 286 g/mol. The number of hydrogen-bond donors (Lipinski definition) is 1. The van der Waals surface area contributed by atoms with Crippen molar-refractivity contribution in [3.05, 3.63) is 16.4 Å². The van der Waals surface area contributed by atoms with Crippen LogP contribution in [0, 0.1) is 6.92 Å². The molecular weight excluding hydrogens is 264 g/mol. The van der Waals surface area contributed by atoms with Crippen molar-refractivity contribution in [1.29, 1.82) is 0 Å². The minimum Gasteiger partial charge on any atom is -0.347 e. The van der Waals surface area contributed by atoms with Crippen molar-refractivity contribution in [3.8, 4) is 0 Å². The summed E-state index contributed by atoms with van der Waals surface area (Å²) in [6, 6.07) is 0.0682. The van der Waals surface area contributed by atoms with Crippen molar-refractivity contribution in [2.75, 3.05) is 19.6 Å². The Bertz CT molecular complexity index is 440. The smallest absolute Gasteiger partial charge is 0.271 e. The Hall–Kier alpha value is -1.07. The molecular formula is C13H23ClN4O. The Morgan fingerprint density at radius 1 is 1.47 bits per heavy atom. The summed E-state index contributed by atoms with van der Waals surface area (Å²) in [6.45, 7) is 10.8. The Morgan fingerprint density at radius 2 is 2.05 bits per heavy atom. The highest BCUT2D eigenvalue weighted by molar-refractivity contribution is 6.34. The van der Waals surface area contributed by atoms with Gasteiger partial charge in [-0.25, -0.2) is 0 Å². The predicted octanol–water partition coefficient (Wildman–Crippen LogP) is 1.84. The van der Waals surface area contributed by atoms with Crippen LogP contribution in [0.1, 0.15) is 37.0 Å². The summed E-state index contributed by atoms with van der Waals surface area (Å²) >= 11 is 6.10. The van der Waals surface area contributed by atoms with Gasteiger partial charge in [-0.2, -0.15) is 5.10 Å². The van der Waals surface area contributed by atoms with Crippen LogP contribution in [0.15, 0.2) is 0 Å². The fourth-order valence-corrected chi connectivity index (χ4v) is 2.33. The first kappa shape index (κ1) is 16.0. The Labute approximate surface area is 119 Å². The van der Waals surface area contributed by atoms with E-state index in [0.29, 0.717) is 16.4 Å². The molecule has 5 nitrogen and oxygen atoms in total. The third-order valence-corrected chi connectivity index (χ3v) is 3.62. The van der Waals surface area contributed by atoms with E-state index in [1.807, 2.05) is 6.92 Å². The fourth-order valence-electron chi connectivity index (χ4n) is 2.09. The average molecular weight is 287 g/mol. The minimum absolute atomic E-state index is 0.0682. The lowest BCUT2D eigenvalue weighted by atomic mass is 10.2. The number of amides is 1. The molecule has 1 atom stereocenters. The molecule has 0 aliphatic heterocycles. The molecule has 1 heterocycles. The van der Waals surface area contributed by atoms with Gasteiger partial charge in [0, 0.05) is 19.6 Å². The molecule has 0 bridgehead atoms. The molecule has 1 N–H and O–H groups in total. The highest BCUT2D eigenvalue weighted by Crippen LogP contribution is 2.19. The van der Waals surface area contributed by atoms with Crippen molar-refractivity contribution < 1.29 is 4.79 Å². The van der Waals surface area contributed by atoms with Gasteiger partial charge in [-0.05, 0) is 26.9 Å². The van der Waals surface area contributed by atoms with E-state index >= 15 is 0 Å². The summed E-state index contributed by atoms with van der Waals surface area (Å²) in [6.07, 6.45) is 0. The van der Waals surface area contributed by atoms with Gasteiger partial charge in [0.2, 0.25) is 0 Å². The standard InChI is InChI=1S/C13H23ClN4O/c1-6-18(7-2)8-9(3)15-13(19)12-11(14)10(4)16-17(12)5/h9H,6-8H2,1-5H3,(H,15,19)/t9-/m0/s1. The molecule has 108 valence electrons. The van der Waals surface area contributed by atoms with E-state index in [1.165, 1.54) is 4.68 Å². The Balaban J connectivity index is 2.69. The summed E-state index contributed by atoms with van der Waals surface area (Å²) in [4.78, 5) is 14.5. The molecule has 1 rings (SSSR count). The highest BCUT2D eigenvalue weighted by atomic mass is 35.5. The summed E-state index contributed by atoms with van der Waals surface area (Å²) in [5.41, 5.74) is 1.09. The van der Waals surface area contributed by atoms with Crippen LogP contribution in [-0.4, -0.2) is 46.3 Å². The molecule has 0 aliphatic carbocycles. The van der Waals surface area contributed by atoms with Gasteiger partial charge in [0.1, 0.15) is 5.69 Å².